The molecule has 0 radical (unpaired) electrons. The number of thiophene rings is 1. The Morgan fingerprint density at radius 2 is 1.65 bits per heavy atom. The van der Waals surface area contributed by atoms with Gasteiger partial charge in [-0.3, -0.25) is 9.59 Å². The molecule has 2 aromatic heterocycles. The number of nitrogens with zero attached hydrogens (tertiary/aromatic N) is 3. The lowest BCUT2D eigenvalue weighted by atomic mass is 10.1. The average Bonchev–Trinajstić information content (AvgIpc) is 3.23. The SMILES string of the molecule is COc1c(C(=O)N2CCN(c3ccccc3)CC2)sc2c1c(=O)n(C)c1ccccc21. The molecule has 1 saturated heterocycles. The van der Waals surface area contributed by atoms with Crippen molar-refractivity contribution in [3.63, 3.8) is 0 Å². The van der Waals surface area contributed by atoms with Gasteiger partial charge in [0.15, 0.2) is 5.75 Å². The van der Waals surface area contributed by atoms with Crippen molar-refractivity contribution < 1.29 is 9.53 Å². The quantitative estimate of drug-likeness (QED) is 0.494. The first-order valence-electron chi connectivity index (χ1n) is 10.3. The number of pyridine rings is 1. The summed E-state index contributed by atoms with van der Waals surface area (Å²) in [6, 6.07) is 18.0. The van der Waals surface area contributed by atoms with Crippen LogP contribution < -0.4 is 15.2 Å². The third-order valence-electron chi connectivity index (χ3n) is 5.98. The fraction of sp³-hybridized carbons (Fsp3) is 0.250. The molecule has 158 valence electrons. The Labute approximate surface area is 183 Å². The monoisotopic (exact) mass is 433 g/mol. The van der Waals surface area contributed by atoms with Gasteiger partial charge in [-0.2, -0.15) is 0 Å². The molecule has 0 spiro atoms. The van der Waals surface area contributed by atoms with Crippen molar-refractivity contribution in [2.75, 3.05) is 38.2 Å². The van der Waals surface area contributed by atoms with E-state index >= 15 is 0 Å². The third-order valence-corrected chi connectivity index (χ3v) is 7.17. The minimum atomic E-state index is -0.144. The average molecular weight is 434 g/mol. The zero-order chi connectivity index (χ0) is 21.5. The zero-order valence-corrected chi connectivity index (χ0v) is 18.3. The first kappa shape index (κ1) is 19.6. The van der Waals surface area contributed by atoms with Gasteiger partial charge < -0.3 is 19.1 Å². The molecule has 3 heterocycles. The fourth-order valence-corrected chi connectivity index (χ4v) is 5.58. The molecule has 6 nitrogen and oxygen atoms in total. The number of hydrogen-bond acceptors (Lipinski definition) is 5. The van der Waals surface area contributed by atoms with Gasteiger partial charge >= 0.3 is 0 Å². The summed E-state index contributed by atoms with van der Waals surface area (Å²) < 4.78 is 8.06. The van der Waals surface area contributed by atoms with Crippen molar-refractivity contribution in [3.05, 3.63) is 69.8 Å². The normalized spacial score (nSPS) is 14.4. The highest BCUT2D eigenvalue weighted by atomic mass is 32.1. The van der Waals surface area contributed by atoms with E-state index in [1.54, 1.807) is 11.6 Å². The molecule has 0 saturated carbocycles. The number of para-hydroxylation sites is 2. The Hall–Kier alpha value is -3.32. The van der Waals surface area contributed by atoms with Crippen molar-refractivity contribution >= 4 is 43.9 Å². The van der Waals surface area contributed by atoms with Gasteiger partial charge in [-0.25, -0.2) is 0 Å². The summed E-state index contributed by atoms with van der Waals surface area (Å²) in [5, 5.41) is 1.44. The second-order valence-corrected chi connectivity index (χ2v) is 8.69. The minimum Gasteiger partial charge on any atom is -0.494 e. The van der Waals surface area contributed by atoms with Crippen molar-refractivity contribution in [2.45, 2.75) is 0 Å². The standard InChI is InChI=1S/C24H23N3O3S/c1-25-18-11-7-6-10-17(18)21-19(23(25)28)20(30-2)22(31-21)24(29)27-14-12-26(13-15-27)16-8-4-3-5-9-16/h3-11H,12-15H2,1-2H3. The number of anilines is 1. The number of methoxy groups -OCH3 is 1. The van der Waals surface area contributed by atoms with E-state index in [1.807, 2.05) is 47.4 Å². The molecule has 1 aliphatic heterocycles. The van der Waals surface area contributed by atoms with E-state index in [0.717, 1.165) is 28.7 Å². The number of benzene rings is 2. The summed E-state index contributed by atoms with van der Waals surface area (Å²) in [7, 11) is 3.28. The molecule has 4 aromatic rings. The molecule has 31 heavy (non-hydrogen) atoms. The van der Waals surface area contributed by atoms with E-state index in [2.05, 4.69) is 17.0 Å². The second-order valence-electron chi connectivity index (χ2n) is 7.66. The van der Waals surface area contributed by atoms with Crippen LogP contribution >= 0.6 is 11.3 Å². The predicted molar refractivity (Wildman–Crippen MR) is 126 cm³/mol. The molecule has 7 heteroatoms. The number of hydrogen-bond donors (Lipinski definition) is 0. The van der Waals surface area contributed by atoms with Crippen molar-refractivity contribution in [1.82, 2.24) is 9.47 Å². The predicted octanol–water partition coefficient (Wildman–Crippen LogP) is 3.72. The van der Waals surface area contributed by atoms with Crippen molar-refractivity contribution in [1.29, 1.82) is 0 Å². The number of fused-ring (bicyclic) bond motifs is 3. The molecule has 1 amide bonds. The number of amides is 1. The van der Waals surface area contributed by atoms with Gasteiger partial charge in [-0.05, 0) is 18.2 Å². The summed E-state index contributed by atoms with van der Waals surface area (Å²) in [6.07, 6.45) is 0. The molecule has 1 aliphatic rings. The van der Waals surface area contributed by atoms with Crippen LogP contribution in [0.2, 0.25) is 0 Å². The highest BCUT2D eigenvalue weighted by Gasteiger charge is 2.29. The van der Waals surface area contributed by atoms with Crippen molar-refractivity contribution in [3.8, 4) is 5.75 Å². The Morgan fingerprint density at radius 3 is 2.35 bits per heavy atom. The number of piperazine rings is 1. The lowest BCUT2D eigenvalue weighted by Gasteiger charge is -2.36. The summed E-state index contributed by atoms with van der Waals surface area (Å²) in [4.78, 5) is 31.2. The molecule has 0 atom stereocenters. The van der Waals surface area contributed by atoms with Crippen LogP contribution in [-0.2, 0) is 7.05 Å². The largest absolute Gasteiger partial charge is 0.494 e. The molecule has 2 aromatic carbocycles. The Kier molecular flexibility index (Phi) is 4.90. The summed E-state index contributed by atoms with van der Waals surface area (Å²) >= 11 is 1.36. The molecule has 1 fully saturated rings. The van der Waals surface area contributed by atoms with Gasteiger partial charge in [-0.15, -0.1) is 11.3 Å². The number of aryl methyl sites for hydroxylation is 1. The van der Waals surface area contributed by atoms with Crippen LogP contribution in [0.4, 0.5) is 5.69 Å². The van der Waals surface area contributed by atoms with Gasteiger partial charge in [0, 0.05) is 44.3 Å². The lowest BCUT2D eigenvalue weighted by Crippen LogP contribution is -2.48. The maximum absolute atomic E-state index is 13.5. The first-order chi connectivity index (χ1) is 15.1. The van der Waals surface area contributed by atoms with Gasteiger partial charge in [0.05, 0.1) is 17.3 Å². The first-order valence-corrected chi connectivity index (χ1v) is 11.1. The number of ether oxygens (including phenoxy) is 1. The Morgan fingerprint density at radius 1 is 0.968 bits per heavy atom. The summed E-state index contributed by atoms with van der Waals surface area (Å²) in [5.41, 5.74) is 1.87. The van der Waals surface area contributed by atoms with Crippen LogP contribution in [0, 0.1) is 0 Å². The van der Waals surface area contributed by atoms with Crippen LogP contribution in [0.3, 0.4) is 0 Å². The van der Waals surface area contributed by atoms with E-state index in [4.69, 9.17) is 4.74 Å². The molecule has 0 N–H and O–H groups in total. The number of rotatable bonds is 3. The Bertz CT molecular complexity index is 1340. The van der Waals surface area contributed by atoms with Crippen LogP contribution in [0.5, 0.6) is 5.75 Å². The van der Waals surface area contributed by atoms with Gasteiger partial charge in [-0.1, -0.05) is 36.4 Å². The highest BCUT2D eigenvalue weighted by molar-refractivity contribution is 7.22. The maximum atomic E-state index is 13.5. The lowest BCUT2D eigenvalue weighted by molar-refractivity contribution is 0.0749. The maximum Gasteiger partial charge on any atom is 0.267 e. The second kappa shape index (κ2) is 7.74. The number of carbonyl (C=O) groups excluding carboxylic acids is 1. The molecular formula is C24H23N3O3S. The van der Waals surface area contributed by atoms with Gasteiger partial charge in [0.1, 0.15) is 10.3 Å². The van der Waals surface area contributed by atoms with E-state index in [1.165, 1.54) is 24.1 Å². The van der Waals surface area contributed by atoms with E-state index < -0.39 is 0 Å². The minimum absolute atomic E-state index is 0.0723. The summed E-state index contributed by atoms with van der Waals surface area (Å²) in [5.74, 6) is 0.318. The highest BCUT2D eigenvalue weighted by Crippen LogP contribution is 2.40. The zero-order valence-electron chi connectivity index (χ0n) is 17.5. The topological polar surface area (TPSA) is 54.8 Å². The van der Waals surface area contributed by atoms with Crippen LogP contribution in [-0.4, -0.2) is 48.7 Å². The molecule has 0 unspecified atom stereocenters. The van der Waals surface area contributed by atoms with Gasteiger partial charge in [0.25, 0.3) is 11.5 Å². The Balaban J connectivity index is 1.52. The van der Waals surface area contributed by atoms with Crippen LogP contribution in [0.25, 0.3) is 21.0 Å². The molecule has 0 aliphatic carbocycles. The summed E-state index contributed by atoms with van der Waals surface area (Å²) in [6.45, 7) is 2.80. The van der Waals surface area contributed by atoms with Crippen LogP contribution in [0.1, 0.15) is 9.67 Å². The molecule has 5 rings (SSSR count). The van der Waals surface area contributed by atoms with E-state index in [0.29, 0.717) is 29.1 Å². The molecule has 0 bridgehead atoms. The smallest absolute Gasteiger partial charge is 0.267 e. The fourth-order valence-electron chi connectivity index (χ4n) is 4.32. The number of aromatic nitrogens is 1. The van der Waals surface area contributed by atoms with Crippen LogP contribution in [0.15, 0.2) is 59.4 Å². The van der Waals surface area contributed by atoms with Gasteiger partial charge in [0.2, 0.25) is 0 Å². The molecular weight excluding hydrogens is 410 g/mol. The third kappa shape index (κ3) is 3.16. The van der Waals surface area contributed by atoms with Crippen molar-refractivity contribution in [2.24, 2.45) is 7.05 Å². The number of carbonyl (C=O) groups is 1. The van der Waals surface area contributed by atoms with E-state index in [-0.39, 0.29) is 11.5 Å². The van der Waals surface area contributed by atoms with E-state index in [9.17, 15) is 9.59 Å².